The summed E-state index contributed by atoms with van der Waals surface area (Å²) < 4.78 is 47.6. The number of halogens is 2. The molecule has 0 fully saturated rings. The maximum Gasteiger partial charge on any atom is 0.251 e. The predicted molar refractivity (Wildman–Crippen MR) is 44.2 cm³/mol. The summed E-state index contributed by atoms with van der Waals surface area (Å²) in [6, 6.07) is 0. The lowest BCUT2D eigenvalue weighted by Gasteiger charge is -2.03. The van der Waals surface area contributed by atoms with Crippen LogP contribution in [-0.2, 0) is 10.0 Å². The van der Waals surface area contributed by atoms with Crippen LogP contribution in [0.2, 0.25) is 0 Å². The van der Waals surface area contributed by atoms with E-state index < -0.39 is 23.0 Å². The molecule has 0 aliphatic heterocycles. The Labute approximate surface area is 78.5 Å². The van der Waals surface area contributed by atoms with Crippen LogP contribution in [0.25, 0.3) is 0 Å². The van der Waals surface area contributed by atoms with E-state index in [0.29, 0.717) is 0 Å². The summed E-state index contributed by atoms with van der Waals surface area (Å²) in [5.74, 6) is -0.188. The van der Waals surface area contributed by atoms with E-state index in [4.69, 9.17) is 5.73 Å². The van der Waals surface area contributed by atoms with E-state index in [0.717, 1.165) is 6.20 Å². The van der Waals surface area contributed by atoms with Crippen LogP contribution in [0.15, 0.2) is 11.1 Å². The SMILES string of the molecule is Nc1[nH]ncc1S(=O)(=O)NCC(F)F. The van der Waals surface area contributed by atoms with Gasteiger partial charge < -0.3 is 5.73 Å². The van der Waals surface area contributed by atoms with Gasteiger partial charge >= 0.3 is 0 Å². The van der Waals surface area contributed by atoms with Gasteiger partial charge in [0, 0.05) is 0 Å². The van der Waals surface area contributed by atoms with E-state index >= 15 is 0 Å². The van der Waals surface area contributed by atoms with Crippen molar-refractivity contribution < 1.29 is 17.2 Å². The van der Waals surface area contributed by atoms with Crippen LogP contribution in [0, 0.1) is 0 Å². The lowest BCUT2D eigenvalue weighted by molar-refractivity contribution is 0.153. The molecule has 1 aromatic rings. The average molecular weight is 226 g/mol. The van der Waals surface area contributed by atoms with Gasteiger partial charge in [-0.15, -0.1) is 0 Å². The minimum absolute atomic E-state index is 0.188. The van der Waals surface area contributed by atoms with Gasteiger partial charge in [0.05, 0.1) is 12.7 Å². The first-order valence-electron chi connectivity index (χ1n) is 3.50. The summed E-state index contributed by atoms with van der Waals surface area (Å²) in [6.07, 6.45) is -1.80. The molecule has 0 aliphatic carbocycles. The van der Waals surface area contributed by atoms with Crippen LogP contribution < -0.4 is 10.5 Å². The fraction of sp³-hybridized carbons (Fsp3) is 0.400. The number of alkyl halides is 2. The highest BCUT2D eigenvalue weighted by Gasteiger charge is 2.20. The molecular weight excluding hydrogens is 218 g/mol. The molecule has 0 spiro atoms. The number of aromatic nitrogens is 2. The van der Waals surface area contributed by atoms with Crippen molar-refractivity contribution in [3.8, 4) is 0 Å². The van der Waals surface area contributed by atoms with Crippen LogP contribution in [0.1, 0.15) is 0 Å². The number of sulfonamides is 1. The van der Waals surface area contributed by atoms with Gasteiger partial charge in [0.2, 0.25) is 10.0 Å². The van der Waals surface area contributed by atoms with E-state index in [-0.39, 0.29) is 10.7 Å². The molecule has 0 bridgehead atoms. The third-order valence-electron chi connectivity index (χ3n) is 1.35. The number of hydrogen-bond acceptors (Lipinski definition) is 4. The highest BCUT2D eigenvalue weighted by molar-refractivity contribution is 7.89. The molecule has 80 valence electrons. The summed E-state index contributed by atoms with van der Waals surface area (Å²) in [5, 5.41) is 5.54. The second-order valence-corrected chi connectivity index (χ2v) is 4.13. The molecule has 4 N–H and O–H groups in total. The Morgan fingerprint density at radius 3 is 2.71 bits per heavy atom. The van der Waals surface area contributed by atoms with E-state index in [1.54, 1.807) is 4.72 Å². The van der Waals surface area contributed by atoms with Crippen molar-refractivity contribution in [3.05, 3.63) is 6.20 Å². The lowest BCUT2D eigenvalue weighted by atomic mass is 10.7. The Kier molecular flexibility index (Phi) is 3.01. The van der Waals surface area contributed by atoms with Crippen molar-refractivity contribution in [3.63, 3.8) is 0 Å². The molecule has 0 saturated carbocycles. The highest BCUT2D eigenvalue weighted by atomic mass is 32.2. The smallest absolute Gasteiger partial charge is 0.251 e. The number of nitrogens with two attached hydrogens (primary N) is 1. The predicted octanol–water partition coefficient (Wildman–Crippen LogP) is -0.465. The number of hydrogen-bond donors (Lipinski definition) is 3. The summed E-state index contributed by atoms with van der Waals surface area (Å²) in [7, 11) is -3.99. The Morgan fingerprint density at radius 2 is 2.29 bits per heavy atom. The minimum Gasteiger partial charge on any atom is -0.383 e. The molecule has 0 unspecified atom stereocenters. The Bertz CT molecular complexity index is 402. The summed E-state index contributed by atoms with van der Waals surface area (Å²) in [4.78, 5) is -0.335. The van der Waals surface area contributed by atoms with E-state index in [2.05, 4.69) is 10.2 Å². The molecule has 1 rings (SSSR count). The molecule has 6 nitrogen and oxygen atoms in total. The van der Waals surface area contributed by atoms with Crippen molar-refractivity contribution in [2.75, 3.05) is 12.3 Å². The van der Waals surface area contributed by atoms with Crippen LogP contribution in [0.4, 0.5) is 14.6 Å². The number of anilines is 1. The fourth-order valence-corrected chi connectivity index (χ4v) is 1.78. The van der Waals surface area contributed by atoms with E-state index in [1.807, 2.05) is 0 Å². The van der Waals surface area contributed by atoms with Gasteiger partial charge in [0.1, 0.15) is 10.7 Å². The number of nitrogens with zero attached hydrogens (tertiary/aromatic N) is 1. The van der Waals surface area contributed by atoms with Crippen LogP contribution in [-0.4, -0.2) is 31.6 Å². The molecule has 0 saturated heterocycles. The maximum absolute atomic E-state index is 11.7. The number of nitrogens with one attached hydrogen (secondary N) is 2. The molecule has 0 radical (unpaired) electrons. The van der Waals surface area contributed by atoms with Crippen molar-refractivity contribution in [1.82, 2.24) is 14.9 Å². The quantitative estimate of drug-likeness (QED) is 0.646. The third-order valence-corrected chi connectivity index (χ3v) is 2.80. The maximum atomic E-state index is 11.7. The zero-order chi connectivity index (χ0) is 10.8. The van der Waals surface area contributed by atoms with Crippen molar-refractivity contribution in [1.29, 1.82) is 0 Å². The fourth-order valence-electron chi connectivity index (χ4n) is 0.750. The molecule has 0 aromatic carbocycles. The van der Waals surface area contributed by atoms with Crippen LogP contribution >= 0.6 is 0 Å². The summed E-state index contributed by atoms with van der Waals surface area (Å²) in [6.45, 7) is -0.951. The van der Waals surface area contributed by atoms with E-state index in [1.165, 1.54) is 0 Å². The van der Waals surface area contributed by atoms with E-state index in [9.17, 15) is 17.2 Å². The molecule has 0 aliphatic rings. The van der Waals surface area contributed by atoms with Gasteiger partial charge in [-0.05, 0) is 0 Å². The average Bonchev–Trinajstić information content (AvgIpc) is 2.48. The molecule has 14 heavy (non-hydrogen) atoms. The van der Waals surface area contributed by atoms with Crippen molar-refractivity contribution in [2.45, 2.75) is 11.3 Å². The van der Waals surface area contributed by atoms with Gasteiger partial charge in [-0.25, -0.2) is 21.9 Å². The molecular formula is C5H8F2N4O2S. The normalized spacial score (nSPS) is 12.2. The van der Waals surface area contributed by atoms with Gasteiger partial charge in [-0.3, -0.25) is 5.10 Å². The first kappa shape index (κ1) is 10.9. The number of rotatable bonds is 4. The number of H-pyrrole nitrogens is 1. The van der Waals surface area contributed by atoms with Gasteiger partial charge in [0.25, 0.3) is 6.43 Å². The monoisotopic (exact) mass is 226 g/mol. The minimum atomic E-state index is -3.99. The first-order valence-corrected chi connectivity index (χ1v) is 4.98. The lowest BCUT2D eigenvalue weighted by Crippen LogP contribution is -2.28. The van der Waals surface area contributed by atoms with Crippen molar-refractivity contribution >= 4 is 15.8 Å². The first-order chi connectivity index (χ1) is 6.43. The second-order valence-electron chi connectivity index (χ2n) is 2.39. The standard InChI is InChI=1S/C5H8F2N4O2S/c6-4(7)2-10-14(12,13)3-1-9-11-5(3)8/h1,4,10H,2H2,(H3,8,9,11). The molecule has 1 heterocycles. The Balaban J connectivity index is 2.82. The van der Waals surface area contributed by atoms with Crippen LogP contribution in [0.5, 0.6) is 0 Å². The zero-order valence-corrected chi connectivity index (χ0v) is 7.68. The Morgan fingerprint density at radius 1 is 1.64 bits per heavy atom. The molecule has 0 atom stereocenters. The molecule has 1 aromatic heterocycles. The summed E-state index contributed by atoms with van der Waals surface area (Å²) >= 11 is 0. The topological polar surface area (TPSA) is 101 Å². The zero-order valence-electron chi connectivity index (χ0n) is 6.87. The second kappa shape index (κ2) is 3.88. The number of aromatic amines is 1. The largest absolute Gasteiger partial charge is 0.383 e. The van der Waals surface area contributed by atoms with Gasteiger partial charge in [0.15, 0.2) is 0 Å². The third kappa shape index (κ3) is 2.39. The molecule has 0 amide bonds. The van der Waals surface area contributed by atoms with Crippen LogP contribution in [0.3, 0.4) is 0 Å². The van der Waals surface area contributed by atoms with Crippen molar-refractivity contribution in [2.24, 2.45) is 0 Å². The van der Waals surface area contributed by atoms with Gasteiger partial charge in [-0.1, -0.05) is 0 Å². The molecule has 9 heteroatoms. The van der Waals surface area contributed by atoms with Gasteiger partial charge in [-0.2, -0.15) is 5.10 Å². The highest BCUT2D eigenvalue weighted by Crippen LogP contribution is 2.13. The summed E-state index contributed by atoms with van der Waals surface area (Å²) in [5.41, 5.74) is 5.21. The Hall–Kier alpha value is -1.22. The number of nitrogen functional groups attached to an aromatic ring is 1.